The lowest BCUT2D eigenvalue weighted by atomic mass is 9.79. The molecule has 3 aliphatic heterocycles. The summed E-state index contributed by atoms with van der Waals surface area (Å²) in [6, 6.07) is 15.2. The quantitative estimate of drug-likeness (QED) is 0.202. The number of β-lactam (4-membered cyclic amide) rings is 1. The first-order valence-electron chi connectivity index (χ1n) is 14.0. The number of allylic oxidation sites excluding steroid dienone is 1. The van der Waals surface area contributed by atoms with Crippen molar-refractivity contribution in [1.29, 1.82) is 0 Å². The maximum atomic E-state index is 12.5. The first-order valence-corrected chi connectivity index (χ1v) is 14.0. The molecule has 10 heteroatoms. The van der Waals surface area contributed by atoms with E-state index in [2.05, 4.69) is 4.98 Å². The number of benzene rings is 3. The lowest BCUT2D eigenvalue weighted by Crippen LogP contribution is -2.60. The summed E-state index contributed by atoms with van der Waals surface area (Å²) in [5.74, 6) is 0.825. The minimum atomic E-state index is -1.10. The zero-order valence-corrected chi connectivity index (χ0v) is 23.9. The normalized spacial score (nSPS) is 18.0. The number of fused-ring (bicyclic) bond motifs is 3. The molecule has 4 aliphatic rings. The van der Waals surface area contributed by atoms with Crippen molar-refractivity contribution in [2.45, 2.75) is 32.9 Å². The predicted molar refractivity (Wildman–Crippen MR) is 157 cm³/mol. The zero-order chi connectivity index (χ0) is 30.2. The van der Waals surface area contributed by atoms with E-state index in [0.717, 1.165) is 5.56 Å². The first kappa shape index (κ1) is 28.0. The molecule has 2 aromatic rings. The Kier molecular flexibility index (Phi) is 7.35. The topological polar surface area (TPSA) is 128 Å². The van der Waals surface area contributed by atoms with E-state index in [1.165, 1.54) is 17.0 Å². The van der Waals surface area contributed by atoms with Crippen molar-refractivity contribution < 1.29 is 33.3 Å². The molecule has 0 radical (unpaired) electrons. The SMILES string of the molecule is COc1cc(COc2ccc3nc4ccc(=O)cc-4oc3c2)ccc1OC/C=C/C1=C(C(=O)O)N2C(=O)[C@H](C(C)C)[C@H]2C1. The molecule has 3 heterocycles. The second kappa shape index (κ2) is 11.3. The van der Waals surface area contributed by atoms with Crippen molar-refractivity contribution in [1.82, 2.24) is 9.88 Å². The van der Waals surface area contributed by atoms with Crippen molar-refractivity contribution >= 4 is 23.0 Å². The van der Waals surface area contributed by atoms with Crippen LogP contribution in [0.5, 0.6) is 17.2 Å². The summed E-state index contributed by atoms with van der Waals surface area (Å²) in [4.78, 5) is 42.1. The Morgan fingerprint density at radius 2 is 1.93 bits per heavy atom. The Hall–Kier alpha value is -5.12. The van der Waals surface area contributed by atoms with Gasteiger partial charge in [0.1, 0.15) is 35.9 Å². The van der Waals surface area contributed by atoms with Crippen LogP contribution in [-0.4, -0.2) is 46.6 Å². The number of nitrogens with zero attached hydrogens (tertiary/aromatic N) is 2. The third-order valence-electron chi connectivity index (χ3n) is 7.77. The minimum absolute atomic E-state index is 0.0615. The summed E-state index contributed by atoms with van der Waals surface area (Å²) in [7, 11) is 1.55. The fraction of sp³-hybridized carbons (Fsp3) is 0.273. The van der Waals surface area contributed by atoms with Gasteiger partial charge in [0.15, 0.2) is 28.3 Å². The van der Waals surface area contributed by atoms with Crippen LogP contribution in [0.3, 0.4) is 0 Å². The van der Waals surface area contributed by atoms with Gasteiger partial charge in [-0.3, -0.25) is 9.59 Å². The molecule has 2 atom stereocenters. The van der Waals surface area contributed by atoms with Crippen LogP contribution in [0.2, 0.25) is 0 Å². The van der Waals surface area contributed by atoms with Crippen LogP contribution >= 0.6 is 0 Å². The monoisotopic (exact) mass is 582 g/mol. The van der Waals surface area contributed by atoms with E-state index in [4.69, 9.17) is 18.6 Å². The van der Waals surface area contributed by atoms with Crippen LogP contribution in [0.25, 0.3) is 22.6 Å². The fourth-order valence-electron chi connectivity index (χ4n) is 5.75. The van der Waals surface area contributed by atoms with Gasteiger partial charge in [-0.15, -0.1) is 0 Å². The van der Waals surface area contributed by atoms with Gasteiger partial charge in [0, 0.05) is 12.1 Å². The van der Waals surface area contributed by atoms with Gasteiger partial charge in [-0.05, 0) is 65.9 Å². The molecular weight excluding hydrogens is 552 g/mol. The first-order chi connectivity index (χ1) is 20.7. The van der Waals surface area contributed by atoms with Crippen molar-refractivity contribution in [3.8, 4) is 28.7 Å². The minimum Gasteiger partial charge on any atom is -0.493 e. The Labute approximate surface area is 247 Å². The highest BCUT2D eigenvalue weighted by Gasteiger charge is 2.55. The summed E-state index contributed by atoms with van der Waals surface area (Å²) >= 11 is 0. The number of rotatable bonds is 10. The van der Waals surface area contributed by atoms with E-state index in [1.54, 1.807) is 49.6 Å². The predicted octanol–water partition coefficient (Wildman–Crippen LogP) is 5.04. The number of carbonyl (C=O) groups excluding carboxylic acids is 1. The second-order valence-corrected chi connectivity index (χ2v) is 10.9. The summed E-state index contributed by atoms with van der Waals surface area (Å²) < 4.78 is 23.3. The van der Waals surface area contributed by atoms with E-state index in [9.17, 15) is 19.5 Å². The maximum absolute atomic E-state index is 12.5. The fourth-order valence-corrected chi connectivity index (χ4v) is 5.75. The lowest BCUT2D eigenvalue weighted by molar-refractivity contribution is -0.157. The molecule has 1 fully saturated rings. The molecule has 10 nitrogen and oxygen atoms in total. The van der Waals surface area contributed by atoms with Crippen LogP contribution in [0.1, 0.15) is 25.8 Å². The Balaban J connectivity index is 1.09. The largest absolute Gasteiger partial charge is 0.493 e. The van der Waals surface area contributed by atoms with Crippen LogP contribution in [0.15, 0.2) is 87.2 Å². The highest BCUT2D eigenvalue weighted by Crippen LogP contribution is 2.45. The number of ether oxygens (including phenoxy) is 3. The smallest absolute Gasteiger partial charge is 0.352 e. The Morgan fingerprint density at radius 3 is 2.70 bits per heavy atom. The Morgan fingerprint density at radius 1 is 1.09 bits per heavy atom. The van der Waals surface area contributed by atoms with Gasteiger partial charge >= 0.3 is 5.97 Å². The Bertz CT molecular complexity index is 1820. The molecule has 0 unspecified atom stereocenters. The maximum Gasteiger partial charge on any atom is 0.352 e. The summed E-state index contributed by atoms with van der Waals surface area (Å²) in [5, 5.41) is 9.73. The standard InChI is InChI=1S/C33H30N2O8/c1-18(2)30-25-14-20(31(33(38)39)35(25)32(30)37)5-4-12-41-26-11-6-19(13-29(26)40-3)17-42-22-8-10-24-28(16-22)43-27-15-21(36)7-9-23(27)34-24/h4-11,13,15-16,18,25,30H,12,14,17H2,1-3H3,(H,38,39)/b5-4+/t25-,30-/m1/s1. The summed E-state index contributed by atoms with van der Waals surface area (Å²) in [6.45, 7) is 4.41. The number of carbonyl (C=O) groups is 2. The average molecular weight is 583 g/mol. The highest BCUT2D eigenvalue weighted by atomic mass is 16.5. The van der Waals surface area contributed by atoms with Crippen LogP contribution in [0, 0.1) is 11.8 Å². The van der Waals surface area contributed by atoms with Gasteiger partial charge in [0.05, 0.1) is 19.1 Å². The van der Waals surface area contributed by atoms with Crippen molar-refractivity contribution in [3.05, 3.63) is 93.8 Å². The molecule has 0 bridgehead atoms. The number of aliphatic carboxylic acids is 1. The van der Waals surface area contributed by atoms with Gasteiger partial charge in [0.2, 0.25) is 5.91 Å². The molecular formula is C33H30N2O8. The van der Waals surface area contributed by atoms with Gasteiger partial charge in [-0.2, -0.15) is 0 Å². The lowest BCUT2D eigenvalue weighted by Gasteiger charge is -2.45. The molecule has 220 valence electrons. The number of carboxylic acids is 1. The van der Waals surface area contributed by atoms with Crippen LogP contribution in [-0.2, 0) is 16.2 Å². The van der Waals surface area contributed by atoms with Crippen molar-refractivity contribution in [2.75, 3.05) is 13.7 Å². The average Bonchev–Trinajstić information content (AvgIpc) is 3.31. The molecule has 1 amide bonds. The van der Waals surface area contributed by atoms with E-state index in [0.29, 0.717) is 51.8 Å². The summed E-state index contributed by atoms with van der Waals surface area (Å²) in [6.07, 6.45) is 4.00. The molecule has 43 heavy (non-hydrogen) atoms. The highest BCUT2D eigenvalue weighted by molar-refractivity contribution is 6.00. The third kappa shape index (κ3) is 5.31. The van der Waals surface area contributed by atoms with Crippen molar-refractivity contribution in [3.63, 3.8) is 0 Å². The van der Waals surface area contributed by atoms with Gasteiger partial charge < -0.3 is 28.6 Å². The molecule has 0 saturated carbocycles. The van der Waals surface area contributed by atoms with Crippen LogP contribution in [0.4, 0.5) is 0 Å². The molecule has 0 spiro atoms. The van der Waals surface area contributed by atoms with Crippen molar-refractivity contribution in [2.24, 2.45) is 11.8 Å². The number of hydrogen-bond acceptors (Lipinski definition) is 8. The zero-order valence-electron chi connectivity index (χ0n) is 23.9. The van der Waals surface area contributed by atoms with Crippen LogP contribution < -0.4 is 19.6 Å². The number of methoxy groups -OCH3 is 1. The number of carboxylic acid groups (broad SMARTS) is 1. The molecule has 6 rings (SSSR count). The number of aromatic nitrogens is 1. The van der Waals surface area contributed by atoms with E-state index >= 15 is 0 Å². The molecule has 2 aromatic carbocycles. The van der Waals surface area contributed by atoms with Gasteiger partial charge in [-0.25, -0.2) is 9.78 Å². The van der Waals surface area contributed by atoms with E-state index in [-0.39, 0.29) is 48.1 Å². The van der Waals surface area contributed by atoms with Gasteiger partial charge in [0.25, 0.3) is 0 Å². The second-order valence-electron chi connectivity index (χ2n) is 10.9. The summed E-state index contributed by atoms with van der Waals surface area (Å²) in [5.41, 5.74) is 3.14. The van der Waals surface area contributed by atoms with Gasteiger partial charge in [-0.1, -0.05) is 26.0 Å². The molecule has 1 saturated heterocycles. The molecule has 1 aliphatic carbocycles. The third-order valence-corrected chi connectivity index (χ3v) is 7.77. The van der Waals surface area contributed by atoms with E-state index < -0.39 is 5.97 Å². The number of hydrogen-bond donors (Lipinski definition) is 1. The molecule has 0 aromatic heterocycles. The molecule has 1 N–H and O–H groups in total. The number of amides is 1. The van der Waals surface area contributed by atoms with E-state index in [1.807, 2.05) is 26.0 Å².